The number of rotatable bonds is 8. The minimum atomic E-state index is -0.670. The molecule has 0 aliphatic heterocycles. The van der Waals surface area contributed by atoms with Gasteiger partial charge in [0.2, 0.25) is 5.91 Å². The number of carbonyl (C=O) groups is 2. The molecule has 0 aliphatic rings. The highest BCUT2D eigenvalue weighted by molar-refractivity contribution is 7.07. The lowest BCUT2D eigenvalue weighted by Crippen LogP contribution is -2.42. The highest BCUT2D eigenvalue weighted by atomic mass is 32.1. The smallest absolute Gasteiger partial charge is 0.328 e. The van der Waals surface area contributed by atoms with Gasteiger partial charge in [-0.25, -0.2) is 9.78 Å². The Kier molecular flexibility index (Phi) is 7.35. The first-order valence-electron chi connectivity index (χ1n) is 8.12. The standard InChI is InChI=1S/C19H22N2O3S/c1-14(2)10-17(19(23)24-11-15-6-4-3-5-7-15)21-18(22)9-8-16-12-25-13-20-16/h3-9,12-14,17H,10-11H2,1-2H3,(H,21,22)/b9-8+/t17-/m0/s1. The SMILES string of the molecule is CC(C)C[C@H](NC(=O)/C=C/c1cscn1)C(=O)OCc1ccccc1. The van der Waals surface area contributed by atoms with Crippen molar-refractivity contribution in [3.63, 3.8) is 0 Å². The Hall–Kier alpha value is -2.47. The average molecular weight is 358 g/mol. The van der Waals surface area contributed by atoms with Gasteiger partial charge in [0.1, 0.15) is 12.6 Å². The number of carbonyl (C=O) groups excluding carboxylic acids is 2. The molecule has 1 heterocycles. The third kappa shape index (κ3) is 6.89. The fourth-order valence-electron chi connectivity index (χ4n) is 2.20. The second-order valence-electron chi connectivity index (χ2n) is 6.03. The lowest BCUT2D eigenvalue weighted by Gasteiger charge is -2.18. The molecule has 1 N–H and O–H groups in total. The van der Waals surface area contributed by atoms with Gasteiger partial charge in [0.05, 0.1) is 11.2 Å². The number of hydrogen-bond acceptors (Lipinski definition) is 5. The third-order valence-corrected chi connectivity index (χ3v) is 3.99. The number of benzene rings is 1. The maximum atomic E-state index is 12.3. The molecule has 0 bridgehead atoms. The molecular formula is C19H22N2O3S. The lowest BCUT2D eigenvalue weighted by atomic mass is 10.0. The van der Waals surface area contributed by atoms with E-state index in [0.717, 1.165) is 5.56 Å². The van der Waals surface area contributed by atoms with Gasteiger partial charge in [-0.15, -0.1) is 11.3 Å². The number of ether oxygens (including phenoxy) is 1. The van der Waals surface area contributed by atoms with Crippen LogP contribution in [0.4, 0.5) is 0 Å². The minimum Gasteiger partial charge on any atom is -0.459 e. The van der Waals surface area contributed by atoms with Crippen molar-refractivity contribution in [2.24, 2.45) is 5.92 Å². The van der Waals surface area contributed by atoms with E-state index >= 15 is 0 Å². The van der Waals surface area contributed by atoms with Gasteiger partial charge >= 0.3 is 5.97 Å². The van der Waals surface area contributed by atoms with Gasteiger partial charge in [-0.1, -0.05) is 44.2 Å². The number of aromatic nitrogens is 1. The van der Waals surface area contributed by atoms with Crippen LogP contribution < -0.4 is 5.32 Å². The molecule has 6 heteroatoms. The van der Waals surface area contributed by atoms with E-state index in [-0.39, 0.29) is 18.4 Å². The Morgan fingerprint density at radius 2 is 2.04 bits per heavy atom. The van der Waals surface area contributed by atoms with Crippen LogP contribution in [0.2, 0.25) is 0 Å². The molecule has 1 amide bonds. The maximum Gasteiger partial charge on any atom is 0.328 e. The summed E-state index contributed by atoms with van der Waals surface area (Å²) in [5.74, 6) is -0.514. The zero-order valence-electron chi connectivity index (χ0n) is 14.3. The summed E-state index contributed by atoms with van der Waals surface area (Å²) < 4.78 is 5.35. The molecule has 0 fully saturated rings. The Morgan fingerprint density at radius 1 is 1.28 bits per heavy atom. The number of amides is 1. The summed E-state index contributed by atoms with van der Waals surface area (Å²) in [4.78, 5) is 28.5. The molecule has 0 unspecified atom stereocenters. The molecule has 0 spiro atoms. The highest BCUT2D eigenvalue weighted by Crippen LogP contribution is 2.09. The highest BCUT2D eigenvalue weighted by Gasteiger charge is 2.22. The molecule has 0 radical (unpaired) electrons. The fourth-order valence-corrected chi connectivity index (χ4v) is 2.72. The molecule has 0 saturated carbocycles. The number of nitrogens with one attached hydrogen (secondary N) is 1. The second kappa shape index (κ2) is 9.74. The van der Waals surface area contributed by atoms with Gasteiger partial charge in [0, 0.05) is 11.5 Å². The quantitative estimate of drug-likeness (QED) is 0.580. The van der Waals surface area contributed by atoms with Crippen molar-refractivity contribution < 1.29 is 14.3 Å². The summed E-state index contributed by atoms with van der Waals surface area (Å²) in [6.07, 6.45) is 3.52. The summed E-state index contributed by atoms with van der Waals surface area (Å²) in [7, 11) is 0. The van der Waals surface area contributed by atoms with Crippen LogP contribution in [-0.4, -0.2) is 22.9 Å². The van der Waals surface area contributed by atoms with Crippen molar-refractivity contribution in [2.45, 2.75) is 32.9 Å². The van der Waals surface area contributed by atoms with Crippen molar-refractivity contribution in [2.75, 3.05) is 0 Å². The van der Waals surface area contributed by atoms with E-state index in [4.69, 9.17) is 4.74 Å². The molecule has 0 aliphatic carbocycles. The summed E-state index contributed by atoms with van der Waals surface area (Å²) in [5, 5.41) is 4.56. The molecule has 132 valence electrons. The van der Waals surface area contributed by atoms with E-state index in [2.05, 4.69) is 10.3 Å². The van der Waals surface area contributed by atoms with Gasteiger partial charge in [-0.05, 0) is 24.0 Å². The first-order chi connectivity index (χ1) is 12.0. The van der Waals surface area contributed by atoms with Crippen LogP contribution in [0.3, 0.4) is 0 Å². The predicted octanol–water partition coefficient (Wildman–Crippen LogP) is 3.43. The van der Waals surface area contributed by atoms with Gasteiger partial charge in [-0.3, -0.25) is 4.79 Å². The third-order valence-electron chi connectivity index (χ3n) is 3.39. The molecule has 1 aromatic carbocycles. The Bertz CT molecular complexity index is 697. The molecule has 25 heavy (non-hydrogen) atoms. The van der Waals surface area contributed by atoms with E-state index < -0.39 is 12.0 Å². The summed E-state index contributed by atoms with van der Waals surface area (Å²) in [5.41, 5.74) is 3.32. The topological polar surface area (TPSA) is 68.3 Å². The normalized spacial score (nSPS) is 12.3. The molecule has 2 aromatic rings. The number of thiazole rings is 1. The molecule has 0 saturated heterocycles. The monoisotopic (exact) mass is 358 g/mol. The van der Waals surface area contributed by atoms with Crippen LogP contribution in [0.15, 0.2) is 47.3 Å². The largest absolute Gasteiger partial charge is 0.459 e. The van der Waals surface area contributed by atoms with Crippen LogP contribution in [0.25, 0.3) is 6.08 Å². The van der Waals surface area contributed by atoms with Crippen molar-refractivity contribution >= 4 is 29.3 Å². The number of hydrogen-bond donors (Lipinski definition) is 1. The van der Waals surface area contributed by atoms with E-state index in [1.54, 1.807) is 11.6 Å². The van der Waals surface area contributed by atoms with E-state index in [1.807, 2.05) is 49.6 Å². The van der Waals surface area contributed by atoms with Gasteiger partial charge < -0.3 is 10.1 Å². The van der Waals surface area contributed by atoms with E-state index in [0.29, 0.717) is 12.1 Å². The van der Waals surface area contributed by atoms with Gasteiger partial charge in [0.25, 0.3) is 0 Å². The summed E-state index contributed by atoms with van der Waals surface area (Å²) >= 11 is 1.45. The number of esters is 1. The maximum absolute atomic E-state index is 12.3. The zero-order chi connectivity index (χ0) is 18.1. The van der Waals surface area contributed by atoms with E-state index in [9.17, 15) is 9.59 Å². The van der Waals surface area contributed by atoms with Crippen molar-refractivity contribution in [3.8, 4) is 0 Å². The Morgan fingerprint density at radius 3 is 2.68 bits per heavy atom. The molecule has 2 rings (SSSR count). The molecule has 1 aromatic heterocycles. The first kappa shape index (κ1) is 18.9. The van der Waals surface area contributed by atoms with Crippen LogP contribution in [0.1, 0.15) is 31.5 Å². The van der Waals surface area contributed by atoms with Crippen LogP contribution in [0.5, 0.6) is 0 Å². The Balaban J connectivity index is 1.92. The van der Waals surface area contributed by atoms with Crippen molar-refractivity contribution in [1.82, 2.24) is 10.3 Å². The van der Waals surface area contributed by atoms with Crippen LogP contribution in [0, 0.1) is 5.92 Å². The van der Waals surface area contributed by atoms with Crippen LogP contribution in [-0.2, 0) is 20.9 Å². The van der Waals surface area contributed by atoms with Crippen LogP contribution >= 0.6 is 11.3 Å². The van der Waals surface area contributed by atoms with Crippen molar-refractivity contribution in [1.29, 1.82) is 0 Å². The Labute approximate surface area is 151 Å². The van der Waals surface area contributed by atoms with Crippen molar-refractivity contribution in [3.05, 3.63) is 58.6 Å². The number of nitrogens with zero attached hydrogens (tertiary/aromatic N) is 1. The fraction of sp³-hybridized carbons (Fsp3) is 0.316. The minimum absolute atomic E-state index is 0.193. The molecule has 5 nitrogen and oxygen atoms in total. The zero-order valence-corrected chi connectivity index (χ0v) is 15.2. The van der Waals surface area contributed by atoms with Gasteiger partial charge in [-0.2, -0.15) is 0 Å². The van der Waals surface area contributed by atoms with Gasteiger partial charge in [0.15, 0.2) is 0 Å². The average Bonchev–Trinajstić information content (AvgIpc) is 3.11. The predicted molar refractivity (Wildman–Crippen MR) is 98.8 cm³/mol. The first-order valence-corrected chi connectivity index (χ1v) is 9.06. The second-order valence-corrected chi connectivity index (χ2v) is 6.75. The lowest BCUT2D eigenvalue weighted by molar-refractivity contribution is -0.149. The summed E-state index contributed by atoms with van der Waals surface area (Å²) in [6.45, 7) is 4.18. The summed E-state index contributed by atoms with van der Waals surface area (Å²) in [6, 6.07) is 8.79. The molecule has 1 atom stereocenters. The van der Waals surface area contributed by atoms with E-state index in [1.165, 1.54) is 17.4 Å². The molecular weight excluding hydrogens is 336 g/mol.